The van der Waals surface area contributed by atoms with E-state index in [4.69, 9.17) is 5.73 Å². The lowest BCUT2D eigenvalue weighted by atomic mass is 9.63. The fraction of sp³-hybridized carbons (Fsp3) is 0.417. The largest absolute Gasteiger partial charge is 0.369 e. The van der Waals surface area contributed by atoms with E-state index in [0.717, 1.165) is 22.0 Å². The van der Waals surface area contributed by atoms with Gasteiger partial charge in [0.15, 0.2) is 0 Å². The molecule has 2 amide bonds. The highest BCUT2D eigenvalue weighted by Crippen LogP contribution is 2.46. The maximum atomic E-state index is 13.3. The number of hydrogen-bond acceptors (Lipinski definition) is 2. The molecule has 29 heavy (non-hydrogen) atoms. The maximum absolute atomic E-state index is 13.3. The summed E-state index contributed by atoms with van der Waals surface area (Å²) in [5.74, 6) is -0.207. The number of primary amides is 1. The Balaban J connectivity index is 1.89. The van der Waals surface area contributed by atoms with E-state index in [1.54, 1.807) is 0 Å². The number of carbonyl (C=O) groups excluding carboxylic acids is 2. The van der Waals surface area contributed by atoms with Gasteiger partial charge in [-0.15, -0.1) is 0 Å². The summed E-state index contributed by atoms with van der Waals surface area (Å²) in [6.07, 6.45) is 1.75. The van der Waals surface area contributed by atoms with Crippen molar-refractivity contribution in [3.63, 3.8) is 0 Å². The van der Waals surface area contributed by atoms with Gasteiger partial charge >= 0.3 is 0 Å². The van der Waals surface area contributed by atoms with Crippen LogP contribution in [0.3, 0.4) is 0 Å². The molecule has 1 fully saturated rings. The normalized spacial score (nSPS) is 21.1. The highest BCUT2D eigenvalue weighted by atomic mass is 79.9. The molecule has 2 N–H and O–H groups in total. The molecule has 3 rings (SSSR count). The molecule has 0 unspecified atom stereocenters. The Hall–Kier alpha value is -2.14. The highest BCUT2D eigenvalue weighted by Gasteiger charge is 2.46. The van der Waals surface area contributed by atoms with E-state index in [-0.39, 0.29) is 23.3 Å². The summed E-state index contributed by atoms with van der Waals surface area (Å²) in [6.45, 7) is 6.48. The van der Waals surface area contributed by atoms with Gasteiger partial charge in [0.1, 0.15) is 0 Å². The number of rotatable bonds is 6. The molecule has 2 atom stereocenters. The van der Waals surface area contributed by atoms with Gasteiger partial charge in [-0.25, -0.2) is 0 Å². The van der Waals surface area contributed by atoms with Gasteiger partial charge in [-0.3, -0.25) is 9.59 Å². The summed E-state index contributed by atoms with van der Waals surface area (Å²) >= 11 is 3.46. The smallest absolute Gasteiger partial charge is 0.223 e. The lowest BCUT2D eigenvalue weighted by Crippen LogP contribution is -2.50. The number of amides is 2. The van der Waals surface area contributed by atoms with E-state index in [1.165, 1.54) is 0 Å². The first-order chi connectivity index (χ1) is 13.6. The molecule has 1 aliphatic heterocycles. The third-order valence-corrected chi connectivity index (χ3v) is 6.82. The minimum absolute atomic E-state index is 0.00789. The average molecular weight is 457 g/mol. The molecule has 4 nitrogen and oxygen atoms in total. The molecule has 5 heteroatoms. The summed E-state index contributed by atoms with van der Waals surface area (Å²) < 4.78 is 1.02. The van der Waals surface area contributed by atoms with Gasteiger partial charge in [0.25, 0.3) is 0 Å². The molecule has 1 saturated heterocycles. The molecule has 0 saturated carbocycles. The van der Waals surface area contributed by atoms with E-state index < -0.39 is 5.41 Å². The molecule has 2 aromatic rings. The molecule has 2 aromatic carbocycles. The Morgan fingerprint density at radius 1 is 1.17 bits per heavy atom. The first kappa shape index (κ1) is 21.6. The van der Waals surface area contributed by atoms with Gasteiger partial charge in [-0.05, 0) is 43.0 Å². The second kappa shape index (κ2) is 8.31. The minimum atomic E-state index is -0.685. The number of likely N-dealkylation sites (tertiary alicyclic amines) is 1. The van der Waals surface area contributed by atoms with Crippen LogP contribution in [0, 0.1) is 5.41 Å². The van der Waals surface area contributed by atoms with Crippen LogP contribution in [-0.4, -0.2) is 23.3 Å². The lowest BCUT2D eigenvalue weighted by molar-refractivity contribution is -0.140. The Morgan fingerprint density at radius 3 is 2.34 bits per heavy atom. The molecule has 0 aliphatic carbocycles. The summed E-state index contributed by atoms with van der Waals surface area (Å²) in [5.41, 5.74) is 6.84. The summed E-state index contributed by atoms with van der Waals surface area (Å²) in [6, 6.07) is 18.2. The quantitative estimate of drug-likeness (QED) is 0.666. The SMILES string of the molecule is C[C@@H](c1ccc(Br)cc1)N1CC[C@@](CC(C)(C)C(N)=O)(c2ccccc2)CC1=O. The zero-order valence-corrected chi connectivity index (χ0v) is 18.9. The van der Waals surface area contributed by atoms with E-state index in [0.29, 0.717) is 19.4 Å². The van der Waals surface area contributed by atoms with Crippen LogP contribution in [0.4, 0.5) is 0 Å². The van der Waals surface area contributed by atoms with Crippen molar-refractivity contribution in [2.24, 2.45) is 11.1 Å². The van der Waals surface area contributed by atoms with Crippen LogP contribution >= 0.6 is 15.9 Å². The van der Waals surface area contributed by atoms with Crippen molar-refractivity contribution in [3.8, 4) is 0 Å². The molecular weight excluding hydrogens is 428 g/mol. The summed E-state index contributed by atoms with van der Waals surface area (Å²) in [7, 11) is 0. The third kappa shape index (κ3) is 4.55. The van der Waals surface area contributed by atoms with Gasteiger partial charge in [-0.2, -0.15) is 0 Å². The number of nitrogens with two attached hydrogens (primary N) is 1. The van der Waals surface area contributed by atoms with Gasteiger partial charge in [-0.1, -0.05) is 72.2 Å². The van der Waals surface area contributed by atoms with Gasteiger partial charge in [0.2, 0.25) is 11.8 Å². The highest BCUT2D eigenvalue weighted by molar-refractivity contribution is 9.10. The topological polar surface area (TPSA) is 63.4 Å². The van der Waals surface area contributed by atoms with Crippen molar-refractivity contribution < 1.29 is 9.59 Å². The van der Waals surface area contributed by atoms with Gasteiger partial charge < -0.3 is 10.6 Å². The van der Waals surface area contributed by atoms with Gasteiger partial charge in [0.05, 0.1) is 6.04 Å². The average Bonchev–Trinajstić information content (AvgIpc) is 2.68. The van der Waals surface area contributed by atoms with Crippen molar-refractivity contribution in [3.05, 3.63) is 70.2 Å². The first-order valence-corrected chi connectivity index (χ1v) is 10.8. The number of nitrogens with zero attached hydrogens (tertiary/aromatic N) is 1. The zero-order valence-electron chi connectivity index (χ0n) is 17.3. The minimum Gasteiger partial charge on any atom is -0.369 e. The van der Waals surface area contributed by atoms with Crippen molar-refractivity contribution >= 4 is 27.7 Å². The number of halogens is 1. The van der Waals surface area contributed by atoms with Crippen LogP contribution < -0.4 is 5.73 Å². The van der Waals surface area contributed by atoms with Crippen LogP contribution in [0.5, 0.6) is 0 Å². The van der Waals surface area contributed by atoms with E-state index >= 15 is 0 Å². The zero-order chi connectivity index (χ0) is 21.2. The second-order valence-corrected chi connectivity index (χ2v) is 9.73. The number of benzene rings is 2. The fourth-order valence-electron chi connectivity index (χ4n) is 4.49. The fourth-order valence-corrected chi connectivity index (χ4v) is 4.76. The molecule has 0 radical (unpaired) electrons. The van der Waals surface area contributed by atoms with Crippen LogP contribution in [0.1, 0.15) is 57.2 Å². The Morgan fingerprint density at radius 2 is 1.79 bits per heavy atom. The lowest BCUT2D eigenvalue weighted by Gasteiger charge is -2.46. The standard InChI is InChI=1S/C24H29BrN2O2/c1-17(18-9-11-20(25)12-10-18)27-14-13-24(15-21(27)28,16-23(2,3)22(26)29)19-7-5-4-6-8-19/h4-12,17H,13-16H2,1-3H3,(H2,26,29)/t17-,24+/m0/s1. The number of hydrogen-bond donors (Lipinski definition) is 1. The summed E-state index contributed by atoms with van der Waals surface area (Å²) in [4.78, 5) is 27.3. The van der Waals surface area contributed by atoms with Crippen LogP contribution in [0.2, 0.25) is 0 Å². The Labute approximate surface area is 181 Å². The molecule has 154 valence electrons. The maximum Gasteiger partial charge on any atom is 0.223 e. The van der Waals surface area contributed by atoms with E-state index in [9.17, 15) is 9.59 Å². The van der Waals surface area contributed by atoms with E-state index in [2.05, 4.69) is 47.1 Å². The van der Waals surface area contributed by atoms with Gasteiger partial charge in [0, 0.05) is 28.3 Å². The predicted molar refractivity (Wildman–Crippen MR) is 119 cm³/mol. The molecule has 0 bridgehead atoms. The number of carbonyl (C=O) groups is 2. The molecule has 0 aromatic heterocycles. The van der Waals surface area contributed by atoms with Crippen LogP contribution in [0.15, 0.2) is 59.1 Å². The molecule has 1 heterocycles. The van der Waals surface area contributed by atoms with Crippen molar-refractivity contribution in [1.82, 2.24) is 4.90 Å². The Bertz CT molecular complexity index is 880. The number of piperidine rings is 1. The predicted octanol–water partition coefficient (Wildman–Crippen LogP) is 4.97. The van der Waals surface area contributed by atoms with Crippen LogP contribution in [-0.2, 0) is 15.0 Å². The van der Waals surface area contributed by atoms with Crippen molar-refractivity contribution in [2.45, 2.75) is 51.5 Å². The van der Waals surface area contributed by atoms with E-state index in [1.807, 2.05) is 49.1 Å². The molecule has 1 aliphatic rings. The molecular formula is C24H29BrN2O2. The summed E-state index contributed by atoms with van der Waals surface area (Å²) in [5, 5.41) is 0. The third-order valence-electron chi connectivity index (χ3n) is 6.29. The van der Waals surface area contributed by atoms with Crippen molar-refractivity contribution in [1.29, 1.82) is 0 Å². The van der Waals surface area contributed by atoms with Crippen LogP contribution in [0.25, 0.3) is 0 Å². The monoisotopic (exact) mass is 456 g/mol. The Kier molecular flexibility index (Phi) is 6.18. The second-order valence-electron chi connectivity index (χ2n) is 8.81. The molecule has 0 spiro atoms. The van der Waals surface area contributed by atoms with Crippen molar-refractivity contribution in [2.75, 3.05) is 6.54 Å². The first-order valence-electron chi connectivity index (χ1n) is 10.0.